The van der Waals surface area contributed by atoms with E-state index in [2.05, 4.69) is 19.2 Å². The fourth-order valence-corrected chi connectivity index (χ4v) is 1.59. The van der Waals surface area contributed by atoms with Gasteiger partial charge in [-0.3, -0.25) is 0 Å². The second-order valence-electron chi connectivity index (χ2n) is 4.94. The van der Waals surface area contributed by atoms with E-state index >= 15 is 0 Å². The van der Waals surface area contributed by atoms with E-state index in [-0.39, 0.29) is 17.5 Å². The van der Waals surface area contributed by atoms with Crippen molar-refractivity contribution in [2.45, 2.75) is 38.8 Å². The van der Waals surface area contributed by atoms with Crippen molar-refractivity contribution < 1.29 is 9.13 Å². The van der Waals surface area contributed by atoms with Gasteiger partial charge in [-0.15, -0.1) is 0 Å². The first-order valence-corrected chi connectivity index (χ1v) is 5.98. The smallest absolute Gasteiger partial charge is 0.123 e. The lowest BCUT2D eigenvalue weighted by molar-refractivity contribution is 0.0154. The van der Waals surface area contributed by atoms with E-state index in [0.29, 0.717) is 0 Å². The van der Waals surface area contributed by atoms with Gasteiger partial charge in [0.05, 0.1) is 5.60 Å². The summed E-state index contributed by atoms with van der Waals surface area (Å²) in [6.07, 6.45) is 0.920. The van der Waals surface area contributed by atoms with Gasteiger partial charge in [0, 0.05) is 13.2 Å². The molecule has 0 heterocycles. The maximum atomic E-state index is 13.0. The van der Waals surface area contributed by atoms with Crippen LogP contribution >= 0.6 is 0 Å². The molecule has 0 aromatic heterocycles. The second kappa shape index (κ2) is 6.12. The first-order chi connectivity index (χ1) is 7.94. The fraction of sp³-hybridized carbons (Fsp3) is 0.571. The molecule has 96 valence electrons. The van der Waals surface area contributed by atoms with Crippen molar-refractivity contribution >= 4 is 0 Å². The summed E-state index contributed by atoms with van der Waals surface area (Å²) in [5.74, 6) is -0.187. The SMILES string of the molecule is COC(C)(C)CCN[C@@H](C)c1cccc(F)c1. The number of hydrogen-bond acceptors (Lipinski definition) is 2. The Bertz CT molecular complexity index is 352. The molecule has 1 N–H and O–H groups in total. The normalized spacial score (nSPS) is 13.7. The minimum atomic E-state index is -0.187. The highest BCUT2D eigenvalue weighted by atomic mass is 19.1. The third kappa shape index (κ3) is 4.84. The lowest BCUT2D eigenvalue weighted by Crippen LogP contribution is -2.30. The van der Waals surface area contributed by atoms with E-state index in [0.717, 1.165) is 18.5 Å². The predicted molar refractivity (Wildman–Crippen MR) is 68.5 cm³/mol. The van der Waals surface area contributed by atoms with Gasteiger partial charge in [0.15, 0.2) is 0 Å². The molecule has 0 aliphatic rings. The molecule has 3 heteroatoms. The van der Waals surface area contributed by atoms with Gasteiger partial charge in [0.1, 0.15) is 5.82 Å². The Hall–Kier alpha value is -0.930. The highest BCUT2D eigenvalue weighted by Crippen LogP contribution is 2.15. The van der Waals surface area contributed by atoms with Gasteiger partial charge in [-0.2, -0.15) is 0 Å². The van der Waals surface area contributed by atoms with Crippen molar-refractivity contribution in [2.75, 3.05) is 13.7 Å². The van der Waals surface area contributed by atoms with Gasteiger partial charge >= 0.3 is 0 Å². The number of rotatable bonds is 6. The molecular weight excluding hydrogens is 217 g/mol. The lowest BCUT2D eigenvalue weighted by atomic mass is 10.0. The Balaban J connectivity index is 2.42. The zero-order valence-electron chi connectivity index (χ0n) is 11.1. The lowest BCUT2D eigenvalue weighted by Gasteiger charge is -2.24. The number of hydrogen-bond donors (Lipinski definition) is 1. The fourth-order valence-electron chi connectivity index (χ4n) is 1.59. The second-order valence-corrected chi connectivity index (χ2v) is 4.94. The van der Waals surface area contributed by atoms with Crippen LogP contribution in [0, 0.1) is 5.82 Å². The van der Waals surface area contributed by atoms with Crippen LogP contribution in [0.5, 0.6) is 0 Å². The highest BCUT2D eigenvalue weighted by Gasteiger charge is 2.16. The third-order valence-corrected chi connectivity index (χ3v) is 3.08. The molecule has 0 bridgehead atoms. The minimum absolute atomic E-state index is 0.116. The molecule has 1 rings (SSSR count). The van der Waals surface area contributed by atoms with Crippen LogP contribution in [0.4, 0.5) is 4.39 Å². The Morgan fingerprint density at radius 1 is 1.41 bits per heavy atom. The predicted octanol–water partition coefficient (Wildman–Crippen LogP) is 3.29. The molecule has 1 atom stereocenters. The van der Waals surface area contributed by atoms with E-state index in [1.54, 1.807) is 19.2 Å². The van der Waals surface area contributed by atoms with E-state index in [4.69, 9.17) is 4.74 Å². The Kier molecular flexibility index (Phi) is 5.09. The molecule has 2 nitrogen and oxygen atoms in total. The van der Waals surface area contributed by atoms with Gasteiger partial charge in [0.2, 0.25) is 0 Å². The topological polar surface area (TPSA) is 21.3 Å². The molecular formula is C14H22FNO. The summed E-state index contributed by atoms with van der Waals surface area (Å²) < 4.78 is 18.4. The van der Waals surface area contributed by atoms with Crippen LogP contribution in [0.2, 0.25) is 0 Å². The van der Waals surface area contributed by atoms with Gasteiger partial charge in [-0.05, 0) is 51.4 Å². The third-order valence-electron chi connectivity index (χ3n) is 3.08. The summed E-state index contributed by atoms with van der Waals surface area (Å²) >= 11 is 0. The van der Waals surface area contributed by atoms with Crippen LogP contribution in [0.3, 0.4) is 0 Å². The van der Waals surface area contributed by atoms with Gasteiger partial charge in [-0.25, -0.2) is 4.39 Å². The van der Waals surface area contributed by atoms with Crippen molar-refractivity contribution in [2.24, 2.45) is 0 Å². The standard InChI is InChI=1S/C14H22FNO/c1-11(12-6-5-7-13(15)10-12)16-9-8-14(2,3)17-4/h5-7,10-11,16H,8-9H2,1-4H3/t11-/m0/s1. The maximum absolute atomic E-state index is 13.0. The molecule has 17 heavy (non-hydrogen) atoms. The van der Waals surface area contributed by atoms with Crippen molar-refractivity contribution in [3.63, 3.8) is 0 Å². The summed E-state index contributed by atoms with van der Waals surface area (Å²) in [4.78, 5) is 0. The average Bonchev–Trinajstić information content (AvgIpc) is 2.28. The minimum Gasteiger partial charge on any atom is -0.379 e. The van der Waals surface area contributed by atoms with E-state index in [9.17, 15) is 4.39 Å². The Morgan fingerprint density at radius 3 is 2.71 bits per heavy atom. The molecule has 0 aliphatic heterocycles. The molecule has 0 radical (unpaired) electrons. The first kappa shape index (κ1) is 14.1. The molecule has 0 aliphatic carbocycles. The zero-order chi connectivity index (χ0) is 12.9. The van der Waals surface area contributed by atoms with Crippen LogP contribution in [-0.4, -0.2) is 19.3 Å². The number of halogens is 1. The molecule has 1 aromatic rings. The van der Waals surface area contributed by atoms with Crippen LogP contribution in [0.15, 0.2) is 24.3 Å². The molecule has 1 aromatic carbocycles. The quantitative estimate of drug-likeness (QED) is 0.822. The van der Waals surface area contributed by atoms with E-state index in [1.807, 2.05) is 13.0 Å². The van der Waals surface area contributed by atoms with Crippen molar-refractivity contribution in [1.82, 2.24) is 5.32 Å². The van der Waals surface area contributed by atoms with E-state index < -0.39 is 0 Å². The van der Waals surface area contributed by atoms with Gasteiger partial charge in [0.25, 0.3) is 0 Å². The van der Waals surface area contributed by atoms with E-state index in [1.165, 1.54) is 6.07 Å². The number of ether oxygens (including phenoxy) is 1. The summed E-state index contributed by atoms with van der Waals surface area (Å²) in [5.41, 5.74) is 0.856. The van der Waals surface area contributed by atoms with Crippen molar-refractivity contribution in [3.05, 3.63) is 35.6 Å². The summed E-state index contributed by atoms with van der Waals surface area (Å²) in [7, 11) is 1.72. The average molecular weight is 239 g/mol. The molecule has 0 unspecified atom stereocenters. The molecule has 0 amide bonds. The first-order valence-electron chi connectivity index (χ1n) is 5.98. The van der Waals surface area contributed by atoms with Crippen LogP contribution in [0.25, 0.3) is 0 Å². The Morgan fingerprint density at radius 2 is 2.12 bits per heavy atom. The van der Waals surface area contributed by atoms with Crippen LogP contribution in [-0.2, 0) is 4.74 Å². The van der Waals surface area contributed by atoms with Crippen LogP contribution in [0.1, 0.15) is 38.8 Å². The molecule has 0 fully saturated rings. The largest absolute Gasteiger partial charge is 0.379 e. The summed E-state index contributed by atoms with van der Waals surface area (Å²) in [6.45, 7) is 7.00. The summed E-state index contributed by atoms with van der Waals surface area (Å²) in [5, 5.41) is 3.37. The van der Waals surface area contributed by atoms with Gasteiger partial charge < -0.3 is 10.1 Å². The number of nitrogens with one attached hydrogen (secondary N) is 1. The van der Waals surface area contributed by atoms with Gasteiger partial charge in [-0.1, -0.05) is 12.1 Å². The molecule has 0 spiro atoms. The summed E-state index contributed by atoms with van der Waals surface area (Å²) in [6, 6.07) is 6.85. The molecule has 0 saturated heterocycles. The number of methoxy groups -OCH3 is 1. The molecule has 0 saturated carbocycles. The number of benzene rings is 1. The van der Waals surface area contributed by atoms with Crippen molar-refractivity contribution in [1.29, 1.82) is 0 Å². The van der Waals surface area contributed by atoms with Crippen LogP contribution < -0.4 is 5.32 Å². The Labute approximate surface area is 103 Å². The highest BCUT2D eigenvalue weighted by molar-refractivity contribution is 5.19. The maximum Gasteiger partial charge on any atom is 0.123 e. The van der Waals surface area contributed by atoms with Crippen molar-refractivity contribution in [3.8, 4) is 0 Å². The zero-order valence-corrected chi connectivity index (χ0v) is 11.1. The monoisotopic (exact) mass is 239 g/mol.